The zero-order valence-corrected chi connectivity index (χ0v) is 16.2. The van der Waals surface area contributed by atoms with Crippen molar-refractivity contribution < 1.29 is 14.3 Å². The molecule has 144 valence electrons. The molecule has 0 spiro atoms. The van der Waals surface area contributed by atoms with Gasteiger partial charge in [-0.05, 0) is 48.4 Å². The van der Waals surface area contributed by atoms with Gasteiger partial charge in [0, 0.05) is 5.69 Å². The first-order valence-corrected chi connectivity index (χ1v) is 9.15. The molecule has 5 nitrogen and oxygen atoms in total. The van der Waals surface area contributed by atoms with Crippen LogP contribution < -0.4 is 5.32 Å². The number of hydrogen-bond donors (Lipinski definition) is 1. The molecule has 3 aromatic carbocycles. The van der Waals surface area contributed by atoms with Gasteiger partial charge in [-0.15, -0.1) is 0 Å². The summed E-state index contributed by atoms with van der Waals surface area (Å²) in [5.41, 5.74) is 2.21. The van der Waals surface area contributed by atoms with E-state index in [1.165, 1.54) is 13.0 Å². The van der Waals surface area contributed by atoms with Crippen LogP contribution in [0, 0.1) is 18.3 Å². The lowest BCUT2D eigenvalue weighted by Crippen LogP contribution is -2.30. The summed E-state index contributed by atoms with van der Waals surface area (Å²) in [6.07, 6.45) is 0.388. The van der Waals surface area contributed by atoms with Crippen LogP contribution >= 0.6 is 0 Å². The summed E-state index contributed by atoms with van der Waals surface area (Å²) in [5.74, 6) is -1.31. The molecule has 0 radical (unpaired) electrons. The van der Waals surface area contributed by atoms with E-state index in [0.717, 1.165) is 16.3 Å². The van der Waals surface area contributed by atoms with E-state index in [0.29, 0.717) is 11.3 Å². The molecule has 1 amide bonds. The van der Waals surface area contributed by atoms with E-state index < -0.39 is 18.0 Å². The Labute approximate surface area is 169 Å². The number of nitrogens with one attached hydrogen (secondary N) is 1. The number of nitriles is 1. The quantitative estimate of drug-likeness (QED) is 0.395. The predicted molar refractivity (Wildman–Crippen MR) is 113 cm³/mol. The second-order valence-electron chi connectivity index (χ2n) is 6.68. The van der Waals surface area contributed by atoms with Crippen molar-refractivity contribution in [2.24, 2.45) is 0 Å². The van der Waals surface area contributed by atoms with Crippen LogP contribution in [0.3, 0.4) is 0 Å². The van der Waals surface area contributed by atoms with Crippen molar-refractivity contribution in [3.8, 4) is 6.07 Å². The normalized spacial score (nSPS) is 12.1. The Bertz CT molecular complexity index is 1120. The topological polar surface area (TPSA) is 79.2 Å². The zero-order chi connectivity index (χ0) is 20.8. The molecule has 0 saturated heterocycles. The minimum atomic E-state index is -1.05. The third-order valence-corrected chi connectivity index (χ3v) is 4.40. The highest BCUT2D eigenvalue weighted by Gasteiger charge is 2.20. The first-order valence-electron chi connectivity index (χ1n) is 9.15. The van der Waals surface area contributed by atoms with E-state index in [4.69, 9.17) is 4.74 Å². The monoisotopic (exact) mass is 384 g/mol. The molecule has 0 aliphatic rings. The van der Waals surface area contributed by atoms with Gasteiger partial charge in [0.25, 0.3) is 5.91 Å². The van der Waals surface area contributed by atoms with E-state index in [9.17, 15) is 14.9 Å². The molecule has 3 aromatic rings. The molecule has 0 aromatic heterocycles. The Morgan fingerprint density at radius 3 is 2.41 bits per heavy atom. The number of ether oxygens (including phenoxy) is 1. The molecule has 1 atom stereocenters. The number of benzene rings is 3. The van der Waals surface area contributed by atoms with Crippen LogP contribution in [-0.2, 0) is 14.3 Å². The first kappa shape index (κ1) is 19.8. The molecular weight excluding hydrogens is 364 g/mol. The summed E-state index contributed by atoms with van der Waals surface area (Å²) in [5, 5.41) is 14.1. The lowest BCUT2D eigenvalue weighted by molar-refractivity contribution is -0.148. The largest absolute Gasteiger partial charge is 0.448 e. The Hall–Kier alpha value is -3.91. The van der Waals surface area contributed by atoms with Gasteiger partial charge in [-0.25, -0.2) is 4.79 Å². The molecule has 0 heterocycles. The van der Waals surface area contributed by atoms with Gasteiger partial charge in [0.1, 0.15) is 11.6 Å². The number of carbonyl (C=O) groups is 2. The molecule has 0 aliphatic heterocycles. The van der Waals surface area contributed by atoms with Gasteiger partial charge < -0.3 is 10.1 Å². The van der Waals surface area contributed by atoms with Crippen molar-refractivity contribution in [1.29, 1.82) is 5.26 Å². The fraction of sp³-hybridized carbons (Fsp3) is 0.125. The molecule has 0 saturated carbocycles. The summed E-state index contributed by atoms with van der Waals surface area (Å²) in [6.45, 7) is 3.41. The van der Waals surface area contributed by atoms with Gasteiger partial charge in [0.05, 0.1) is 0 Å². The van der Waals surface area contributed by atoms with E-state index >= 15 is 0 Å². The van der Waals surface area contributed by atoms with Crippen molar-refractivity contribution in [2.45, 2.75) is 20.0 Å². The highest BCUT2D eigenvalue weighted by Crippen LogP contribution is 2.19. The van der Waals surface area contributed by atoms with Gasteiger partial charge in [0.15, 0.2) is 6.10 Å². The molecule has 3 rings (SSSR count). The molecule has 29 heavy (non-hydrogen) atoms. The Morgan fingerprint density at radius 1 is 1.03 bits per heavy atom. The number of aryl methyl sites for hydroxylation is 1. The summed E-state index contributed by atoms with van der Waals surface area (Å²) in [4.78, 5) is 24.7. The van der Waals surface area contributed by atoms with E-state index in [1.54, 1.807) is 18.2 Å². The van der Waals surface area contributed by atoms with Crippen LogP contribution in [0.2, 0.25) is 0 Å². The summed E-state index contributed by atoms with van der Waals surface area (Å²) in [6, 6.07) is 22.5. The third kappa shape index (κ3) is 5.08. The molecule has 5 heteroatoms. The van der Waals surface area contributed by atoms with Gasteiger partial charge in [-0.1, -0.05) is 60.2 Å². The number of esters is 1. The summed E-state index contributed by atoms with van der Waals surface area (Å²) < 4.78 is 5.18. The lowest BCUT2D eigenvalue weighted by atomic mass is 10.1. The number of amides is 1. The maximum Gasteiger partial charge on any atom is 0.349 e. The van der Waals surface area contributed by atoms with Crippen molar-refractivity contribution >= 4 is 34.4 Å². The lowest BCUT2D eigenvalue weighted by Gasteiger charge is -2.13. The predicted octanol–water partition coefficient (Wildman–Crippen LogP) is 4.63. The number of carbonyl (C=O) groups excluding carboxylic acids is 2. The van der Waals surface area contributed by atoms with Gasteiger partial charge in [-0.3, -0.25) is 4.79 Å². The molecule has 0 fully saturated rings. The van der Waals surface area contributed by atoms with Crippen molar-refractivity contribution in [3.05, 3.63) is 83.4 Å². The number of nitrogens with zero attached hydrogens (tertiary/aromatic N) is 1. The standard InChI is InChI=1S/C24H20N2O3/c1-16-7-9-18(10-8-16)13-21(15-25)24(28)29-17(2)23(27)26-22-12-11-19-5-3-4-6-20(19)14-22/h3-14,17H,1-2H3,(H,26,27)/b21-13+/t17-/m0/s1. The summed E-state index contributed by atoms with van der Waals surface area (Å²) >= 11 is 0. The highest BCUT2D eigenvalue weighted by molar-refractivity contribution is 6.01. The number of hydrogen-bond acceptors (Lipinski definition) is 4. The van der Waals surface area contributed by atoms with Gasteiger partial charge >= 0.3 is 5.97 Å². The van der Waals surface area contributed by atoms with Crippen LogP contribution in [-0.4, -0.2) is 18.0 Å². The smallest absolute Gasteiger partial charge is 0.349 e. The zero-order valence-electron chi connectivity index (χ0n) is 16.2. The Morgan fingerprint density at radius 2 is 1.72 bits per heavy atom. The number of rotatable bonds is 5. The SMILES string of the molecule is Cc1ccc(/C=C(\C#N)C(=O)O[C@@H](C)C(=O)Nc2ccc3ccccc3c2)cc1. The van der Waals surface area contributed by atoms with Crippen LogP contribution in [0.1, 0.15) is 18.1 Å². The molecular formula is C24H20N2O3. The summed E-state index contributed by atoms with van der Waals surface area (Å²) in [7, 11) is 0. The van der Waals surface area contributed by atoms with Crippen molar-refractivity contribution in [1.82, 2.24) is 0 Å². The maximum absolute atomic E-state index is 12.4. The van der Waals surface area contributed by atoms with E-state index in [1.807, 2.05) is 61.5 Å². The van der Waals surface area contributed by atoms with Crippen molar-refractivity contribution in [2.75, 3.05) is 5.32 Å². The number of anilines is 1. The average Bonchev–Trinajstić information content (AvgIpc) is 2.73. The second kappa shape index (κ2) is 8.85. The fourth-order valence-electron chi connectivity index (χ4n) is 2.75. The average molecular weight is 384 g/mol. The molecule has 0 unspecified atom stereocenters. The third-order valence-electron chi connectivity index (χ3n) is 4.40. The van der Waals surface area contributed by atoms with Crippen LogP contribution in [0.25, 0.3) is 16.8 Å². The van der Waals surface area contributed by atoms with Crippen LogP contribution in [0.15, 0.2) is 72.3 Å². The maximum atomic E-state index is 12.4. The minimum absolute atomic E-state index is 0.167. The van der Waals surface area contributed by atoms with E-state index in [2.05, 4.69) is 5.32 Å². The van der Waals surface area contributed by atoms with Crippen LogP contribution in [0.4, 0.5) is 5.69 Å². The fourth-order valence-corrected chi connectivity index (χ4v) is 2.75. The van der Waals surface area contributed by atoms with Gasteiger partial charge in [0.2, 0.25) is 0 Å². The first-order chi connectivity index (χ1) is 14.0. The Kier molecular flexibility index (Phi) is 6.06. The van der Waals surface area contributed by atoms with E-state index in [-0.39, 0.29) is 5.57 Å². The molecule has 0 bridgehead atoms. The molecule has 0 aliphatic carbocycles. The molecule has 1 N–H and O–H groups in total. The van der Waals surface area contributed by atoms with Crippen molar-refractivity contribution in [3.63, 3.8) is 0 Å². The highest BCUT2D eigenvalue weighted by atomic mass is 16.5. The minimum Gasteiger partial charge on any atom is -0.448 e. The van der Waals surface area contributed by atoms with Crippen LogP contribution in [0.5, 0.6) is 0 Å². The Balaban J connectivity index is 1.66. The number of fused-ring (bicyclic) bond motifs is 1. The second-order valence-corrected chi connectivity index (χ2v) is 6.68. The van der Waals surface area contributed by atoms with Gasteiger partial charge in [-0.2, -0.15) is 5.26 Å².